The number of thiazole rings is 1. The van der Waals surface area contributed by atoms with Crippen LogP contribution in [0.3, 0.4) is 0 Å². The number of carbonyl (C=O) groups excluding carboxylic acids is 1. The summed E-state index contributed by atoms with van der Waals surface area (Å²) >= 11 is 7.63. The van der Waals surface area contributed by atoms with Crippen LogP contribution in [0.15, 0.2) is 77.0 Å². The number of hydrogen-bond acceptors (Lipinski definition) is 5. The lowest BCUT2D eigenvalue weighted by molar-refractivity contribution is 0.102. The van der Waals surface area contributed by atoms with Crippen molar-refractivity contribution in [1.29, 1.82) is 0 Å². The molecule has 0 saturated heterocycles. The summed E-state index contributed by atoms with van der Waals surface area (Å²) < 4.78 is 28.1. The molecule has 1 N–H and O–H groups in total. The molecule has 4 aromatic rings. The van der Waals surface area contributed by atoms with Gasteiger partial charge in [-0.3, -0.25) is 14.4 Å². The van der Waals surface area contributed by atoms with Crippen molar-refractivity contribution in [3.05, 3.63) is 93.8 Å². The minimum atomic E-state index is -3.91. The Hall–Kier alpha value is -3.20. The number of halogens is 1. The Balaban J connectivity index is 1.38. The monoisotopic (exact) mass is 551 g/mol. The van der Waals surface area contributed by atoms with Crippen molar-refractivity contribution in [2.45, 2.75) is 37.5 Å². The molecular formula is C28H26ClN3O3S2. The van der Waals surface area contributed by atoms with Crippen molar-refractivity contribution in [3.63, 3.8) is 0 Å². The third kappa shape index (κ3) is 5.28. The van der Waals surface area contributed by atoms with Gasteiger partial charge in [0.05, 0.1) is 26.9 Å². The molecule has 6 nitrogen and oxygen atoms in total. The number of amides is 1. The number of nitrogens with one attached hydrogen (secondary N) is 1. The summed E-state index contributed by atoms with van der Waals surface area (Å²) in [5.74, 6) is -0.517. The van der Waals surface area contributed by atoms with Crippen molar-refractivity contribution in [1.82, 2.24) is 4.98 Å². The number of fused-ring (bicyclic) bond motifs is 1. The lowest BCUT2D eigenvalue weighted by Crippen LogP contribution is -2.31. The highest BCUT2D eigenvalue weighted by Crippen LogP contribution is 2.31. The topological polar surface area (TPSA) is 79.4 Å². The normalized spacial score (nSPS) is 13.1. The van der Waals surface area contributed by atoms with Gasteiger partial charge in [-0.05, 0) is 80.1 Å². The van der Waals surface area contributed by atoms with E-state index in [0.29, 0.717) is 10.8 Å². The maximum atomic E-state index is 13.4. The molecule has 37 heavy (non-hydrogen) atoms. The van der Waals surface area contributed by atoms with Crippen LogP contribution in [0.1, 0.15) is 41.3 Å². The van der Waals surface area contributed by atoms with E-state index in [1.54, 1.807) is 31.2 Å². The maximum Gasteiger partial charge on any atom is 0.264 e. The van der Waals surface area contributed by atoms with Crippen molar-refractivity contribution in [2.24, 2.45) is 0 Å². The molecule has 1 aromatic heterocycles. The van der Waals surface area contributed by atoms with E-state index < -0.39 is 15.9 Å². The molecule has 5 rings (SSSR count). The average molecular weight is 552 g/mol. The molecule has 1 heterocycles. The second-order valence-corrected chi connectivity index (χ2v) is 12.0. The van der Waals surface area contributed by atoms with Gasteiger partial charge in [-0.15, -0.1) is 11.3 Å². The fourth-order valence-electron chi connectivity index (χ4n) is 4.57. The van der Waals surface area contributed by atoms with Crippen LogP contribution in [0.4, 0.5) is 10.8 Å². The predicted molar refractivity (Wildman–Crippen MR) is 150 cm³/mol. The van der Waals surface area contributed by atoms with Gasteiger partial charge in [-0.1, -0.05) is 41.9 Å². The minimum Gasteiger partial charge on any atom is -0.298 e. The predicted octanol–water partition coefficient (Wildman–Crippen LogP) is 6.81. The van der Waals surface area contributed by atoms with E-state index in [4.69, 9.17) is 11.6 Å². The second-order valence-electron chi connectivity index (χ2n) is 8.83. The number of benzene rings is 3. The van der Waals surface area contributed by atoms with Gasteiger partial charge < -0.3 is 0 Å². The van der Waals surface area contributed by atoms with E-state index in [2.05, 4.69) is 28.5 Å². The van der Waals surface area contributed by atoms with E-state index in [-0.39, 0.29) is 22.0 Å². The first-order chi connectivity index (χ1) is 17.9. The molecule has 0 unspecified atom stereocenters. The van der Waals surface area contributed by atoms with Gasteiger partial charge in [-0.25, -0.2) is 13.4 Å². The Morgan fingerprint density at radius 3 is 2.54 bits per heavy atom. The van der Waals surface area contributed by atoms with Gasteiger partial charge in [0.2, 0.25) is 0 Å². The van der Waals surface area contributed by atoms with Gasteiger partial charge in [0.1, 0.15) is 0 Å². The Bertz CT molecular complexity index is 1550. The van der Waals surface area contributed by atoms with Crippen LogP contribution in [0.2, 0.25) is 5.02 Å². The summed E-state index contributed by atoms with van der Waals surface area (Å²) in [6.45, 7) is 2.00. The van der Waals surface area contributed by atoms with Gasteiger partial charge in [0.25, 0.3) is 15.9 Å². The zero-order valence-electron chi connectivity index (χ0n) is 20.3. The summed E-state index contributed by atoms with van der Waals surface area (Å²) in [7, 11) is -3.91. The van der Waals surface area contributed by atoms with Crippen molar-refractivity contribution in [2.75, 3.05) is 16.2 Å². The summed E-state index contributed by atoms with van der Waals surface area (Å²) in [4.78, 5) is 17.7. The van der Waals surface area contributed by atoms with E-state index in [1.807, 2.05) is 11.4 Å². The molecule has 1 aliphatic carbocycles. The molecule has 9 heteroatoms. The minimum absolute atomic E-state index is 0.0124. The van der Waals surface area contributed by atoms with E-state index in [0.717, 1.165) is 24.1 Å². The summed E-state index contributed by atoms with van der Waals surface area (Å²) in [5, 5.41) is 5.26. The average Bonchev–Trinajstić information content (AvgIpc) is 3.38. The fourth-order valence-corrected chi connectivity index (χ4v) is 6.99. The zero-order valence-corrected chi connectivity index (χ0v) is 22.7. The number of para-hydroxylation sites is 1. The van der Waals surface area contributed by atoms with Crippen LogP contribution in [0.5, 0.6) is 0 Å². The Kier molecular flexibility index (Phi) is 7.33. The first-order valence-corrected chi connectivity index (χ1v) is 14.8. The lowest BCUT2D eigenvalue weighted by atomic mass is 9.90. The number of carbonyl (C=O) groups is 1. The quantitative estimate of drug-likeness (QED) is 0.273. The number of hydrogen-bond donors (Lipinski definition) is 1. The SMILES string of the molecule is CCN(c1ccccc1)S(=O)(=O)c1ccc(Cl)c(C(=O)Nc2nc(-c3ccc4c(c3)CCCC4)cs2)c1. The molecule has 3 aromatic carbocycles. The van der Waals surface area contributed by atoms with Gasteiger partial charge in [0.15, 0.2) is 5.13 Å². The van der Waals surface area contributed by atoms with Crippen molar-refractivity contribution >= 4 is 49.7 Å². The fraction of sp³-hybridized carbons (Fsp3) is 0.214. The molecule has 0 saturated carbocycles. The standard InChI is InChI=1S/C28H26ClN3O3S2/c1-2-32(22-10-4-3-5-11-22)37(34,35)23-14-15-25(29)24(17-23)27(33)31-28-30-26(18-36-28)21-13-12-19-8-6-7-9-20(19)16-21/h3-5,10-18H,2,6-9H2,1H3,(H,30,31,33). The molecule has 0 aliphatic heterocycles. The molecule has 1 aliphatic rings. The molecule has 0 radical (unpaired) electrons. The number of anilines is 2. The number of aromatic nitrogens is 1. The number of sulfonamides is 1. The molecule has 190 valence electrons. The van der Waals surface area contributed by atoms with E-state index in [9.17, 15) is 13.2 Å². The van der Waals surface area contributed by atoms with Gasteiger partial charge in [-0.2, -0.15) is 0 Å². The molecule has 0 bridgehead atoms. The maximum absolute atomic E-state index is 13.4. The molecule has 0 spiro atoms. The third-order valence-electron chi connectivity index (χ3n) is 6.47. The Labute approximate surface area is 226 Å². The van der Waals surface area contributed by atoms with Crippen LogP contribution in [-0.4, -0.2) is 25.9 Å². The zero-order chi connectivity index (χ0) is 26.0. The van der Waals surface area contributed by atoms with Crippen LogP contribution >= 0.6 is 22.9 Å². The van der Waals surface area contributed by atoms with Gasteiger partial charge >= 0.3 is 0 Å². The Morgan fingerprint density at radius 2 is 1.78 bits per heavy atom. The number of aryl methyl sites for hydroxylation is 2. The van der Waals surface area contributed by atoms with Gasteiger partial charge in [0, 0.05) is 17.5 Å². The molecular weight excluding hydrogens is 526 g/mol. The Morgan fingerprint density at radius 1 is 1.03 bits per heavy atom. The molecule has 1 amide bonds. The third-order valence-corrected chi connectivity index (χ3v) is 9.46. The van der Waals surface area contributed by atoms with E-state index in [1.165, 1.54) is 57.8 Å². The van der Waals surface area contributed by atoms with E-state index >= 15 is 0 Å². The second kappa shape index (κ2) is 10.7. The highest BCUT2D eigenvalue weighted by atomic mass is 35.5. The van der Waals surface area contributed by atoms with Crippen molar-refractivity contribution in [3.8, 4) is 11.3 Å². The smallest absolute Gasteiger partial charge is 0.264 e. The van der Waals surface area contributed by atoms with Crippen LogP contribution in [0, 0.1) is 0 Å². The first kappa shape index (κ1) is 25.4. The highest BCUT2D eigenvalue weighted by Gasteiger charge is 2.26. The van der Waals surface area contributed by atoms with Crippen LogP contribution in [-0.2, 0) is 22.9 Å². The number of nitrogens with zero attached hydrogens (tertiary/aromatic N) is 2. The summed E-state index contributed by atoms with van der Waals surface area (Å²) in [5.41, 5.74) is 5.18. The molecule has 0 atom stereocenters. The van der Waals surface area contributed by atoms with Crippen LogP contribution in [0.25, 0.3) is 11.3 Å². The summed E-state index contributed by atoms with van der Waals surface area (Å²) in [6.07, 6.45) is 4.62. The lowest BCUT2D eigenvalue weighted by Gasteiger charge is -2.23. The van der Waals surface area contributed by atoms with Crippen LogP contribution < -0.4 is 9.62 Å². The number of rotatable bonds is 7. The summed E-state index contributed by atoms with van der Waals surface area (Å²) in [6, 6.07) is 19.4. The molecule has 0 fully saturated rings. The highest BCUT2D eigenvalue weighted by molar-refractivity contribution is 7.92. The van der Waals surface area contributed by atoms with Crippen molar-refractivity contribution < 1.29 is 13.2 Å². The first-order valence-electron chi connectivity index (χ1n) is 12.1. The largest absolute Gasteiger partial charge is 0.298 e.